The van der Waals surface area contributed by atoms with Crippen molar-refractivity contribution in [1.29, 1.82) is 0 Å². The van der Waals surface area contributed by atoms with Gasteiger partial charge in [0.15, 0.2) is 0 Å². The van der Waals surface area contributed by atoms with Crippen molar-refractivity contribution in [2.45, 2.75) is 32.5 Å². The molecule has 0 unspecified atom stereocenters. The fraction of sp³-hybridized carbons (Fsp3) is 0.500. The Balaban J connectivity index is 0.00000289. The van der Waals surface area contributed by atoms with Crippen LogP contribution in [0.1, 0.15) is 37.4 Å². The van der Waals surface area contributed by atoms with Crippen molar-refractivity contribution in [2.75, 3.05) is 0 Å². The molecular formula is C12H17ClF3NO. The van der Waals surface area contributed by atoms with Gasteiger partial charge in [0.2, 0.25) is 0 Å². The third-order valence-electron chi connectivity index (χ3n) is 2.48. The largest absolute Gasteiger partial charge is 0.508 e. The Bertz CT molecular complexity index is 393. The van der Waals surface area contributed by atoms with Crippen LogP contribution in [0.4, 0.5) is 13.2 Å². The van der Waals surface area contributed by atoms with Crippen LogP contribution < -0.4 is 5.73 Å². The molecule has 0 saturated carbocycles. The maximum absolute atomic E-state index is 12.5. The highest BCUT2D eigenvalue weighted by molar-refractivity contribution is 5.85. The van der Waals surface area contributed by atoms with Crippen molar-refractivity contribution in [3.05, 3.63) is 29.3 Å². The summed E-state index contributed by atoms with van der Waals surface area (Å²) in [4.78, 5) is 0. The SMILES string of the molecule is CC(C)C[C@H](N)c1cc(C(F)(F)F)ccc1O.Cl. The van der Waals surface area contributed by atoms with Gasteiger partial charge in [0.05, 0.1) is 5.56 Å². The predicted octanol–water partition coefficient (Wildman–Crippen LogP) is 3.88. The van der Waals surface area contributed by atoms with Crippen LogP contribution in [-0.4, -0.2) is 5.11 Å². The second kappa shape index (κ2) is 6.29. The number of phenols is 1. The normalized spacial score (nSPS) is 13.3. The number of phenolic OH excluding ortho intramolecular Hbond substituents is 1. The number of nitrogens with two attached hydrogens (primary N) is 1. The first-order valence-corrected chi connectivity index (χ1v) is 5.37. The number of rotatable bonds is 3. The average molecular weight is 284 g/mol. The number of hydrogen-bond donors (Lipinski definition) is 2. The zero-order chi connectivity index (χ0) is 13.2. The van der Waals surface area contributed by atoms with Crippen molar-refractivity contribution in [3.8, 4) is 5.75 Å². The van der Waals surface area contributed by atoms with Gasteiger partial charge in [-0.25, -0.2) is 0 Å². The molecule has 0 aliphatic carbocycles. The minimum absolute atomic E-state index is 0. The van der Waals surface area contributed by atoms with E-state index in [0.29, 0.717) is 6.42 Å². The van der Waals surface area contributed by atoms with E-state index in [0.717, 1.165) is 18.2 Å². The van der Waals surface area contributed by atoms with E-state index in [1.807, 2.05) is 13.8 Å². The summed E-state index contributed by atoms with van der Waals surface area (Å²) in [6.07, 6.45) is -3.89. The quantitative estimate of drug-likeness (QED) is 0.884. The summed E-state index contributed by atoms with van der Waals surface area (Å²) >= 11 is 0. The van der Waals surface area contributed by atoms with E-state index in [9.17, 15) is 18.3 Å². The lowest BCUT2D eigenvalue weighted by Gasteiger charge is -2.17. The second-order valence-electron chi connectivity index (χ2n) is 4.51. The maximum Gasteiger partial charge on any atom is 0.416 e. The molecule has 3 N–H and O–H groups in total. The summed E-state index contributed by atoms with van der Waals surface area (Å²) < 4.78 is 37.5. The third-order valence-corrected chi connectivity index (χ3v) is 2.48. The summed E-state index contributed by atoms with van der Waals surface area (Å²) in [5, 5.41) is 9.54. The van der Waals surface area contributed by atoms with E-state index in [4.69, 9.17) is 5.73 Å². The number of hydrogen-bond acceptors (Lipinski definition) is 2. The Hall–Kier alpha value is -0.940. The van der Waals surface area contributed by atoms with Crippen LogP contribution in [0.5, 0.6) is 5.75 Å². The van der Waals surface area contributed by atoms with Gasteiger partial charge in [-0.05, 0) is 30.5 Å². The van der Waals surface area contributed by atoms with Gasteiger partial charge in [0, 0.05) is 11.6 Å². The molecule has 0 heterocycles. The monoisotopic (exact) mass is 283 g/mol. The molecule has 104 valence electrons. The van der Waals surface area contributed by atoms with E-state index in [1.165, 1.54) is 0 Å². The van der Waals surface area contributed by atoms with Gasteiger partial charge in [0.1, 0.15) is 5.75 Å². The first-order valence-electron chi connectivity index (χ1n) is 5.37. The fourth-order valence-corrected chi connectivity index (χ4v) is 1.66. The Morgan fingerprint density at radius 3 is 2.28 bits per heavy atom. The van der Waals surface area contributed by atoms with Crippen molar-refractivity contribution in [3.63, 3.8) is 0 Å². The smallest absolute Gasteiger partial charge is 0.416 e. The van der Waals surface area contributed by atoms with Gasteiger partial charge in [-0.15, -0.1) is 12.4 Å². The first-order chi connectivity index (χ1) is 7.71. The van der Waals surface area contributed by atoms with Gasteiger partial charge in [-0.3, -0.25) is 0 Å². The van der Waals surface area contributed by atoms with Crippen molar-refractivity contribution >= 4 is 12.4 Å². The standard InChI is InChI=1S/C12H16F3NO.ClH/c1-7(2)5-10(16)9-6-8(12(13,14)15)3-4-11(9)17;/h3-4,6-7,10,17H,5,16H2,1-2H3;1H/t10-;/m0./s1. The Morgan fingerprint density at radius 1 is 1.28 bits per heavy atom. The zero-order valence-electron chi connectivity index (χ0n) is 10.2. The molecule has 0 radical (unpaired) electrons. The summed E-state index contributed by atoms with van der Waals surface area (Å²) in [5.74, 6) is 0.0603. The molecule has 0 aliphatic heterocycles. The van der Waals surface area contributed by atoms with Crippen LogP contribution in [0.25, 0.3) is 0 Å². The summed E-state index contributed by atoms with van der Waals surface area (Å²) in [6.45, 7) is 3.84. The molecule has 2 nitrogen and oxygen atoms in total. The molecule has 0 saturated heterocycles. The molecule has 1 atom stereocenters. The maximum atomic E-state index is 12.5. The van der Waals surface area contributed by atoms with E-state index < -0.39 is 17.8 Å². The summed E-state index contributed by atoms with van der Waals surface area (Å²) in [5.41, 5.74) is 5.14. The summed E-state index contributed by atoms with van der Waals surface area (Å²) in [7, 11) is 0. The van der Waals surface area contributed by atoms with Gasteiger partial charge in [-0.1, -0.05) is 13.8 Å². The van der Waals surface area contributed by atoms with Crippen LogP contribution in [0.2, 0.25) is 0 Å². The highest BCUT2D eigenvalue weighted by Crippen LogP contribution is 2.35. The summed E-state index contributed by atoms with van der Waals surface area (Å²) in [6, 6.07) is 2.22. The molecule has 1 aromatic rings. The van der Waals surface area contributed by atoms with Gasteiger partial charge < -0.3 is 10.8 Å². The second-order valence-corrected chi connectivity index (χ2v) is 4.51. The lowest BCUT2D eigenvalue weighted by atomic mass is 9.95. The van der Waals surface area contributed by atoms with Gasteiger partial charge in [0.25, 0.3) is 0 Å². The molecule has 0 fully saturated rings. The first kappa shape index (κ1) is 17.1. The average Bonchev–Trinajstić information content (AvgIpc) is 2.15. The van der Waals surface area contributed by atoms with E-state index in [1.54, 1.807) is 0 Å². The predicted molar refractivity (Wildman–Crippen MR) is 66.7 cm³/mol. The van der Waals surface area contributed by atoms with Crippen LogP contribution in [0, 0.1) is 5.92 Å². The third kappa shape index (κ3) is 4.38. The van der Waals surface area contributed by atoms with Crippen molar-refractivity contribution in [1.82, 2.24) is 0 Å². The zero-order valence-corrected chi connectivity index (χ0v) is 11.0. The molecule has 0 amide bonds. The minimum Gasteiger partial charge on any atom is -0.508 e. The highest BCUT2D eigenvalue weighted by Gasteiger charge is 2.31. The minimum atomic E-state index is -4.42. The molecule has 0 aromatic heterocycles. The molecular weight excluding hydrogens is 267 g/mol. The van der Waals surface area contributed by atoms with Crippen LogP contribution in [-0.2, 0) is 6.18 Å². The fourth-order valence-electron chi connectivity index (χ4n) is 1.66. The van der Waals surface area contributed by atoms with Gasteiger partial charge in [-0.2, -0.15) is 13.2 Å². The molecule has 1 aromatic carbocycles. The molecule has 0 spiro atoms. The lowest BCUT2D eigenvalue weighted by molar-refractivity contribution is -0.137. The number of halogens is 4. The number of aromatic hydroxyl groups is 1. The number of alkyl halides is 3. The Morgan fingerprint density at radius 2 is 1.83 bits per heavy atom. The molecule has 0 aliphatic rings. The van der Waals surface area contributed by atoms with Crippen LogP contribution >= 0.6 is 12.4 Å². The highest BCUT2D eigenvalue weighted by atomic mass is 35.5. The Kier molecular flexibility index (Phi) is 5.96. The van der Waals surface area contributed by atoms with E-state index in [-0.39, 0.29) is 29.6 Å². The van der Waals surface area contributed by atoms with Crippen molar-refractivity contribution in [2.24, 2.45) is 11.7 Å². The topological polar surface area (TPSA) is 46.2 Å². The number of benzene rings is 1. The van der Waals surface area contributed by atoms with Crippen LogP contribution in [0.3, 0.4) is 0 Å². The van der Waals surface area contributed by atoms with Crippen molar-refractivity contribution < 1.29 is 18.3 Å². The molecule has 0 bridgehead atoms. The van der Waals surface area contributed by atoms with Gasteiger partial charge >= 0.3 is 6.18 Å². The molecule has 6 heteroatoms. The van der Waals surface area contributed by atoms with E-state index in [2.05, 4.69) is 0 Å². The van der Waals surface area contributed by atoms with E-state index >= 15 is 0 Å². The Labute approximate surface area is 110 Å². The molecule has 18 heavy (non-hydrogen) atoms. The molecule has 1 rings (SSSR count). The van der Waals surface area contributed by atoms with Crippen LogP contribution in [0.15, 0.2) is 18.2 Å². The lowest BCUT2D eigenvalue weighted by Crippen LogP contribution is -2.14.